The Balaban J connectivity index is 1.31. The van der Waals surface area contributed by atoms with E-state index < -0.39 is 0 Å². The smallest absolute Gasteiger partial charge is 0.227 e. The number of methoxy groups -OCH3 is 1. The largest absolute Gasteiger partial charge is 0.495 e. The Kier molecular flexibility index (Phi) is 6.57. The van der Waals surface area contributed by atoms with Crippen molar-refractivity contribution in [2.75, 3.05) is 38.2 Å². The van der Waals surface area contributed by atoms with Crippen molar-refractivity contribution < 1.29 is 13.9 Å². The molecule has 0 unspecified atom stereocenters. The molecule has 31 heavy (non-hydrogen) atoms. The van der Waals surface area contributed by atoms with Gasteiger partial charge in [-0.2, -0.15) is 0 Å². The van der Waals surface area contributed by atoms with Crippen molar-refractivity contribution in [3.05, 3.63) is 88.0 Å². The van der Waals surface area contributed by atoms with Crippen LogP contribution in [0.1, 0.15) is 16.9 Å². The van der Waals surface area contributed by atoms with Gasteiger partial charge in [-0.3, -0.25) is 9.69 Å². The fourth-order valence-corrected chi connectivity index (χ4v) is 3.73. The van der Waals surface area contributed by atoms with Crippen LogP contribution >= 0.6 is 0 Å². The van der Waals surface area contributed by atoms with Crippen molar-refractivity contribution in [1.82, 2.24) is 4.90 Å². The summed E-state index contributed by atoms with van der Waals surface area (Å²) >= 11 is 0. The predicted octanol–water partition coefficient (Wildman–Crippen LogP) is 3.86. The molecule has 0 saturated carbocycles. The molecule has 2 aromatic carbocycles. The molecule has 2 heterocycles. The molecule has 3 aromatic rings. The van der Waals surface area contributed by atoms with E-state index in [0.29, 0.717) is 18.9 Å². The van der Waals surface area contributed by atoms with Crippen LogP contribution in [-0.4, -0.2) is 38.2 Å². The first-order chi connectivity index (χ1) is 15.1. The van der Waals surface area contributed by atoms with E-state index in [1.807, 2.05) is 49.4 Å². The Bertz CT molecular complexity index is 1050. The Morgan fingerprint density at radius 3 is 2.42 bits per heavy atom. The molecule has 0 radical (unpaired) electrons. The molecular formula is C25H28N2O4. The summed E-state index contributed by atoms with van der Waals surface area (Å²) < 4.78 is 16.8. The number of anilines is 1. The third kappa shape index (κ3) is 5.27. The zero-order valence-electron chi connectivity index (χ0n) is 18.0. The van der Waals surface area contributed by atoms with Crippen LogP contribution in [0.2, 0.25) is 0 Å². The van der Waals surface area contributed by atoms with E-state index >= 15 is 0 Å². The second kappa shape index (κ2) is 9.71. The molecule has 4 rings (SSSR count). The van der Waals surface area contributed by atoms with E-state index in [1.54, 1.807) is 7.11 Å². The lowest BCUT2D eigenvalue weighted by molar-refractivity contribution is 0.224. The summed E-state index contributed by atoms with van der Waals surface area (Å²) in [6.45, 7) is 6.53. The number of aryl methyl sites for hydroxylation is 1. The van der Waals surface area contributed by atoms with Crippen LogP contribution < -0.4 is 19.8 Å². The number of nitrogens with zero attached hydrogens (tertiary/aromatic N) is 2. The lowest BCUT2D eigenvalue weighted by Crippen LogP contribution is -2.46. The van der Waals surface area contributed by atoms with Gasteiger partial charge in [-0.1, -0.05) is 42.0 Å². The van der Waals surface area contributed by atoms with Gasteiger partial charge in [-0.15, -0.1) is 0 Å². The fraction of sp³-hybridized carbons (Fsp3) is 0.320. The van der Waals surface area contributed by atoms with E-state index in [1.165, 1.54) is 17.9 Å². The number of para-hydroxylation sites is 2. The summed E-state index contributed by atoms with van der Waals surface area (Å²) in [5, 5.41) is 0. The number of ether oxygens (including phenoxy) is 2. The van der Waals surface area contributed by atoms with E-state index in [9.17, 15) is 4.79 Å². The molecule has 0 N–H and O–H groups in total. The zero-order valence-corrected chi connectivity index (χ0v) is 18.0. The van der Waals surface area contributed by atoms with Crippen molar-refractivity contribution in [3.8, 4) is 11.5 Å². The van der Waals surface area contributed by atoms with Crippen LogP contribution in [0, 0.1) is 6.92 Å². The van der Waals surface area contributed by atoms with Crippen LogP contribution in [0.15, 0.2) is 70.1 Å². The third-order valence-electron chi connectivity index (χ3n) is 5.54. The van der Waals surface area contributed by atoms with Gasteiger partial charge < -0.3 is 18.8 Å². The van der Waals surface area contributed by atoms with Gasteiger partial charge in [0.15, 0.2) is 0 Å². The molecule has 162 valence electrons. The van der Waals surface area contributed by atoms with Gasteiger partial charge in [-0.05, 0) is 24.6 Å². The standard InChI is InChI=1S/C25H28N2O4/c1-19-7-9-20(10-8-19)17-31-25-18-30-21(15-23(25)28)16-26-11-13-27(14-12-26)22-5-3-4-6-24(22)29-2/h3-10,15,18H,11-14,16-17H2,1-2H3. The summed E-state index contributed by atoms with van der Waals surface area (Å²) in [7, 11) is 1.70. The normalized spacial score (nSPS) is 14.5. The molecule has 1 aliphatic heterocycles. The van der Waals surface area contributed by atoms with Crippen LogP contribution in [0.25, 0.3) is 0 Å². The van der Waals surface area contributed by atoms with Crippen molar-refractivity contribution in [2.45, 2.75) is 20.1 Å². The maximum atomic E-state index is 12.4. The van der Waals surface area contributed by atoms with Crippen molar-refractivity contribution in [2.24, 2.45) is 0 Å². The predicted molar refractivity (Wildman–Crippen MR) is 121 cm³/mol. The summed E-state index contributed by atoms with van der Waals surface area (Å²) in [6.07, 6.45) is 1.43. The molecule has 0 bridgehead atoms. The molecule has 1 saturated heterocycles. The first-order valence-electron chi connectivity index (χ1n) is 10.5. The molecule has 1 aromatic heterocycles. The summed E-state index contributed by atoms with van der Waals surface area (Å²) in [5.74, 6) is 1.78. The van der Waals surface area contributed by atoms with Crippen molar-refractivity contribution in [3.63, 3.8) is 0 Å². The number of hydrogen-bond acceptors (Lipinski definition) is 6. The van der Waals surface area contributed by atoms with Gasteiger partial charge in [0, 0.05) is 32.2 Å². The van der Waals surface area contributed by atoms with Crippen molar-refractivity contribution in [1.29, 1.82) is 0 Å². The fourth-order valence-electron chi connectivity index (χ4n) is 3.73. The molecule has 1 fully saturated rings. The number of benzene rings is 2. The Morgan fingerprint density at radius 1 is 0.968 bits per heavy atom. The molecular weight excluding hydrogens is 392 g/mol. The topological polar surface area (TPSA) is 55.2 Å². The van der Waals surface area contributed by atoms with Gasteiger partial charge in [0.25, 0.3) is 0 Å². The minimum Gasteiger partial charge on any atom is -0.495 e. The Morgan fingerprint density at radius 2 is 1.71 bits per heavy atom. The first-order valence-corrected chi connectivity index (χ1v) is 10.5. The van der Waals surface area contributed by atoms with E-state index in [0.717, 1.165) is 43.2 Å². The molecule has 0 aliphatic carbocycles. The maximum Gasteiger partial charge on any atom is 0.227 e. The van der Waals surface area contributed by atoms with Gasteiger partial charge in [-0.25, -0.2) is 0 Å². The monoisotopic (exact) mass is 420 g/mol. The highest BCUT2D eigenvalue weighted by Gasteiger charge is 2.20. The van der Waals surface area contributed by atoms with Gasteiger partial charge in [0.05, 0.1) is 19.3 Å². The van der Waals surface area contributed by atoms with Gasteiger partial charge in [0.2, 0.25) is 11.2 Å². The summed E-state index contributed by atoms with van der Waals surface area (Å²) in [6, 6.07) is 17.7. The van der Waals surface area contributed by atoms with Gasteiger partial charge in [0.1, 0.15) is 24.4 Å². The molecule has 0 atom stereocenters. The lowest BCUT2D eigenvalue weighted by atomic mass is 10.2. The molecule has 0 amide bonds. The number of piperazine rings is 1. The Labute approximate surface area is 182 Å². The van der Waals surface area contributed by atoms with E-state index in [4.69, 9.17) is 13.9 Å². The van der Waals surface area contributed by atoms with E-state index in [2.05, 4.69) is 15.9 Å². The highest BCUT2D eigenvalue weighted by atomic mass is 16.5. The summed E-state index contributed by atoms with van der Waals surface area (Å²) in [5.41, 5.74) is 3.17. The first kappa shape index (κ1) is 21.0. The summed E-state index contributed by atoms with van der Waals surface area (Å²) in [4.78, 5) is 17.1. The molecule has 6 heteroatoms. The zero-order chi connectivity index (χ0) is 21.6. The lowest BCUT2D eigenvalue weighted by Gasteiger charge is -2.36. The third-order valence-corrected chi connectivity index (χ3v) is 5.54. The Hall–Kier alpha value is -3.25. The molecule has 6 nitrogen and oxygen atoms in total. The minimum absolute atomic E-state index is 0.152. The quantitative estimate of drug-likeness (QED) is 0.579. The van der Waals surface area contributed by atoms with Crippen molar-refractivity contribution >= 4 is 5.69 Å². The average Bonchev–Trinajstić information content (AvgIpc) is 2.80. The van der Waals surface area contributed by atoms with Crippen LogP contribution in [-0.2, 0) is 13.2 Å². The molecule has 0 spiro atoms. The van der Waals surface area contributed by atoms with Crippen LogP contribution in [0.4, 0.5) is 5.69 Å². The maximum absolute atomic E-state index is 12.4. The SMILES string of the molecule is COc1ccccc1N1CCN(Cc2cc(=O)c(OCc3ccc(C)cc3)co2)CC1. The highest BCUT2D eigenvalue weighted by Crippen LogP contribution is 2.28. The number of hydrogen-bond donors (Lipinski definition) is 0. The van der Waals surface area contributed by atoms with Crippen LogP contribution in [0.5, 0.6) is 11.5 Å². The number of rotatable bonds is 7. The second-order valence-electron chi connectivity index (χ2n) is 7.78. The highest BCUT2D eigenvalue weighted by molar-refractivity contribution is 5.58. The molecule has 1 aliphatic rings. The average molecular weight is 421 g/mol. The van der Waals surface area contributed by atoms with Crippen LogP contribution in [0.3, 0.4) is 0 Å². The minimum atomic E-state index is -0.152. The second-order valence-corrected chi connectivity index (χ2v) is 7.78. The van der Waals surface area contributed by atoms with Gasteiger partial charge >= 0.3 is 0 Å². The van der Waals surface area contributed by atoms with E-state index in [-0.39, 0.29) is 11.2 Å².